The van der Waals surface area contributed by atoms with Crippen LogP contribution in [-0.2, 0) is 0 Å². The fourth-order valence-electron chi connectivity index (χ4n) is 6.63. The molecule has 0 spiro atoms. The van der Waals surface area contributed by atoms with Gasteiger partial charge in [-0.3, -0.25) is 9.97 Å². The molecule has 0 atom stereocenters. The van der Waals surface area contributed by atoms with E-state index in [0.717, 1.165) is 22.4 Å². The minimum Gasteiger partial charge on any atom is -0.264 e. The minimum absolute atomic E-state index is 0.471. The van der Waals surface area contributed by atoms with Gasteiger partial charge in [0.2, 0.25) is 0 Å². The second-order valence-corrected chi connectivity index (χ2v) is 12.1. The maximum Gasteiger partial charge on any atom is 0.0702 e. The summed E-state index contributed by atoms with van der Waals surface area (Å²) in [6, 6.07) is 48.6. The monoisotopic (exact) mass is 576 g/mol. The molecule has 0 fully saturated rings. The Kier molecular flexibility index (Phi) is 6.69. The van der Waals surface area contributed by atoms with Crippen LogP contribution in [0.15, 0.2) is 152 Å². The first-order valence-electron chi connectivity index (χ1n) is 15.6. The molecule has 0 aliphatic rings. The molecule has 2 heterocycles. The van der Waals surface area contributed by atoms with E-state index >= 15 is 0 Å². The van der Waals surface area contributed by atoms with Gasteiger partial charge < -0.3 is 0 Å². The van der Waals surface area contributed by atoms with Crippen LogP contribution in [0.3, 0.4) is 0 Å². The Morgan fingerprint density at radius 1 is 0.444 bits per heavy atom. The smallest absolute Gasteiger partial charge is 0.0702 e. The third-order valence-electron chi connectivity index (χ3n) is 8.96. The summed E-state index contributed by atoms with van der Waals surface area (Å²) in [4.78, 5) is 9.07. The summed E-state index contributed by atoms with van der Waals surface area (Å²) in [7, 11) is 0. The summed E-state index contributed by atoms with van der Waals surface area (Å²) in [5.41, 5.74) is 10.6. The molecule has 0 amide bonds. The number of pyridine rings is 2. The third kappa shape index (κ3) is 4.85. The molecule has 45 heavy (non-hydrogen) atoms. The molecule has 0 radical (unpaired) electrons. The number of benzene rings is 6. The molecule has 2 nitrogen and oxygen atoms in total. The number of nitrogens with zero attached hydrogens (tertiary/aromatic N) is 2. The highest BCUT2D eigenvalue weighted by molar-refractivity contribution is 6.21. The van der Waals surface area contributed by atoms with Gasteiger partial charge in [0.15, 0.2) is 0 Å². The lowest BCUT2D eigenvalue weighted by molar-refractivity contribution is 0.867. The fraction of sp³-hybridized carbons (Fsp3) is 0.0698. The molecule has 0 unspecified atom stereocenters. The van der Waals surface area contributed by atoms with Crippen molar-refractivity contribution in [3.8, 4) is 44.6 Å². The number of hydrogen-bond acceptors (Lipinski definition) is 2. The van der Waals surface area contributed by atoms with Crippen LogP contribution in [-0.4, -0.2) is 9.97 Å². The first kappa shape index (κ1) is 27.0. The van der Waals surface area contributed by atoms with Crippen LogP contribution < -0.4 is 0 Å². The van der Waals surface area contributed by atoms with Gasteiger partial charge in [0.25, 0.3) is 0 Å². The highest BCUT2D eigenvalue weighted by Gasteiger charge is 2.17. The van der Waals surface area contributed by atoms with Crippen molar-refractivity contribution in [2.75, 3.05) is 0 Å². The molecule has 8 rings (SSSR count). The topological polar surface area (TPSA) is 25.8 Å². The third-order valence-corrected chi connectivity index (χ3v) is 8.96. The normalized spacial score (nSPS) is 11.5. The van der Waals surface area contributed by atoms with Gasteiger partial charge in [0, 0.05) is 35.3 Å². The van der Waals surface area contributed by atoms with Gasteiger partial charge in [-0.1, -0.05) is 123 Å². The SMILES string of the molecule is CC(C)c1cccc(-c2c3ccccc3c(-c3ccc4ccc(-c5ccc(-c6cccnc6)cn5)cc4c3)c3ccccc23)c1. The molecule has 6 aromatic carbocycles. The van der Waals surface area contributed by atoms with Crippen LogP contribution in [0, 0.1) is 0 Å². The summed E-state index contributed by atoms with van der Waals surface area (Å²) in [6.45, 7) is 4.52. The van der Waals surface area contributed by atoms with Gasteiger partial charge in [-0.05, 0) is 90.3 Å². The van der Waals surface area contributed by atoms with Crippen molar-refractivity contribution in [2.24, 2.45) is 0 Å². The number of rotatable bonds is 5. The summed E-state index contributed by atoms with van der Waals surface area (Å²) in [5.74, 6) is 0.471. The van der Waals surface area contributed by atoms with Crippen molar-refractivity contribution in [2.45, 2.75) is 19.8 Å². The second kappa shape index (κ2) is 11.2. The van der Waals surface area contributed by atoms with Gasteiger partial charge in [-0.15, -0.1) is 0 Å². The molecule has 2 heteroatoms. The van der Waals surface area contributed by atoms with E-state index in [1.165, 1.54) is 60.1 Å². The number of hydrogen-bond donors (Lipinski definition) is 0. The predicted octanol–water partition coefficient (Wildman–Crippen LogP) is 11.7. The van der Waals surface area contributed by atoms with Crippen LogP contribution in [0.2, 0.25) is 0 Å². The van der Waals surface area contributed by atoms with Crippen LogP contribution in [0.1, 0.15) is 25.3 Å². The highest BCUT2D eigenvalue weighted by Crippen LogP contribution is 2.44. The van der Waals surface area contributed by atoms with E-state index in [-0.39, 0.29) is 0 Å². The Balaban J connectivity index is 1.29. The molecular weight excluding hydrogens is 544 g/mol. The predicted molar refractivity (Wildman–Crippen MR) is 190 cm³/mol. The first-order chi connectivity index (χ1) is 22.1. The van der Waals surface area contributed by atoms with Crippen molar-refractivity contribution in [3.63, 3.8) is 0 Å². The molecule has 8 aromatic rings. The van der Waals surface area contributed by atoms with Crippen molar-refractivity contribution in [3.05, 3.63) is 158 Å². The van der Waals surface area contributed by atoms with E-state index in [1.807, 2.05) is 18.5 Å². The second-order valence-electron chi connectivity index (χ2n) is 12.1. The Hall–Kier alpha value is -5.60. The number of aromatic nitrogens is 2. The molecule has 0 aliphatic carbocycles. The molecule has 214 valence electrons. The zero-order chi connectivity index (χ0) is 30.3. The van der Waals surface area contributed by atoms with E-state index in [4.69, 9.17) is 4.98 Å². The molecule has 0 saturated heterocycles. The molecule has 0 saturated carbocycles. The van der Waals surface area contributed by atoms with Crippen molar-refractivity contribution in [1.29, 1.82) is 0 Å². The Morgan fingerprint density at radius 2 is 1.02 bits per heavy atom. The molecular formula is C43H32N2. The quantitative estimate of drug-likeness (QED) is 0.190. The van der Waals surface area contributed by atoms with Crippen LogP contribution in [0.4, 0.5) is 0 Å². The van der Waals surface area contributed by atoms with E-state index < -0.39 is 0 Å². The highest BCUT2D eigenvalue weighted by atomic mass is 14.7. The lowest BCUT2D eigenvalue weighted by Crippen LogP contribution is -1.93. The standard InChI is InChI=1S/C43H32N2/c1-28(2)30-9-7-10-32(23-30)42-37-12-3-5-14-39(37)43(40-15-6-4-13-38(40)42)33-19-17-29-16-18-31(24-36(29)25-33)41-21-20-35(27-45-41)34-11-8-22-44-26-34/h3-28H,1-2H3. The van der Waals surface area contributed by atoms with Crippen molar-refractivity contribution in [1.82, 2.24) is 9.97 Å². The molecule has 0 N–H and O–H groups in total. The van der Waals surface area contributed by atoms with Crippen LogP contribution >= 0.6 is 0 Å². The first-order valence-corrected chi connectivity index (χ1v) is 15.6. The van der Waals surface area contributed by atoms with Crippen molar-refractivity contribution >= 4 is 32.3 Å². The van der Waals surface area contributed by atoms with Crippen LogP contribution in [0.25, 0.3) is 77.0 Å². The lowest BCUT2D eigenvalue weighted by Gasteiger charge is -2.19. The lowest BCUT2D eigenvalue weighted by atomic mass is 9.85. The summed E-state index contributed by atoms with van der Waals surface area (Å²) in [5, 5.41) is 7.50. The molecule has 0 aliphatic heterocycles. The fourth-order valence-corrected chi connectivity index (χ4v) is 6.63. The zero-order valence-corrected chi connectivity index (χ0v) is 25.4. The van der Waals surface area contributed by atoms with Crippen LogP contribution in [0.5, 0.6) is 0 Å². The summed E-state index contributed by atoms with van der Waals surface area (Å²) >= 11 is 0. The molecule has 0 bridgehead atoms. The minimum atomic E-state index is 0.471. The van der Waals surface area contributed by atoms with Gasteiger partial charge in [0.1, 0.15) is 0 Å². The molecule has 2 aromatic heterocycles. The maximum atomic E-state index is 4.82. The average molecular weight is 577 g/mol. The maximum absolute atomic E-state index is 4.82. The summed E-state index contributed by atoms with van der Waals surface area (Å²) in [6.07, 6.45) is 5.60. The van der Waals surface area contributed by atoms with E-state index in [1.54, 1.807) is 6.20 Å². The van der Waals surface area contributed by atoms with Crippen molar-refractivity contribution < 1.29 is 0 Å². The average Bonchev–Trinajstić information content (AvgIpc) is 3.10. The summed E-state index contributed by atoms with van der Waals surface area (Å²) < 4.78 is 0. The largest absolute Gasteiger partial charge is 0.264 e. The van der Waals surface area contributed by atoms with E-state index in [0.29, 0.717) is 5.92 Å². The van der Waals surface area contributed by atoms with Gasteiger partial charge in [-0.2, -0.15) is 0 Å². The van der Waals surface area contributed by atoms with E-state index in [9.17, 15) is 0 Å². The van der Waals surface area contributed by atoms with E-state index in [2.05, 4.69) is 146 Å². The Labute approximate surface area is 263 Å². The Morgan fingerprint density at radius 3 is 1.62 bits per heavy atom. The number of fused-ring (bicyclic) bond motifs is 3. The van der Waals surface area contributed by atoms with Gasteiger partial charge in [-0.25, -0.2) is 0 Å². The van der Waals surface area contributed by atoms with Gasteiger partial charge in [0.05, 0.1) is 5.69 Å². The Bertz CT molecular complexity index is 2280. The van der Waals surface area contributed by atoms with Gasteiger partial charge >= 0.3 is 0 Å². The zero-order valence-electron chi connectivity index (χ0n) is 25.4.